The molecule has 1 fully saturated rings. The van der Waals surface area contributed by atoms with Gasteiger partial charge in [0.15, 0.2) is 0 Å². The number of para-hydroxylation sites is 2. The van der Waals surface area contributed by atoms with Crippen LogP contribution in [0.2, 0.25) is 0 Å². The highest BCUT2D eigenvalue weighted by molar-refractivity contribution is 7.92. The van der Waals surface area contributed by atoms with Crippen molar-refractivity contribution in [1.29, 1.82) is 0 Å². The lowest BCUT2D eigenvalue weighted by Crippen LogP contribution is -2.40. The van der Waals surface area contributed by atoms with Crippen LogP contribution < -0.4 is 14.5 Å². The second-order valence-corrected chi connectivity index (χ2v) is 10.8. The summed E-state index contributed by atoms with van der Waals surface area (Å²) in [7, 11) is -2.53. The Kier molecular flexibility index (Phi) is 10.6. The van der Waals surface area contributed by atoms with E-state index in [0.717, 1.165) is 35.7 Å². The number of nitrogens with one attached hydrogen (secondary N) is 1. The summed E-state index contributed by atoms with van der Waals surface area (Å²) < 4.78 is 33.5. The van der Waals surface area contributed by atoms with Crippen molar-refractivity contribution in [3.63, 3.8) is 0 Å². The van der Waals surface area contributed by atoms with Gasteiger partial charge in [-0.1, -0.05) is 75.3 Å². The van der Waals surface area contributed by atoms with Crippen LogP contribution in [0.3, 0.4) is 0 Å². The van der Waals surface area contributed by atoms with E-state index in [1.54, 1.807) is 42.5 Å². The number of hydrogen-bond acceptors (Lipinski definition) is 5. The second kappa shape index (κ2) is 13.9. The Morgan fingerprint density at radius 2 is 1.40 bits per heavy atom. The SMILES string of the molecule is COc1ccccc1N(CC(=O)NN=C1CCCCCCCCCCC1)S(=O)(=O)c1ccccc1. The number of anilines is 1. The molecule has 0 spiro atoms. The van der Waals surface area contributed by atoms with Crippen LogP contribution in [0.5, 0.6) is 5.75 Å². The van der Waals surface area contributed by atoms with Gasteiger partial charge in [-0.15, -0.1) is 0 Å². The van der Waals surface area contributed by atoms with Crippen LogP contribution in [0.4, 0.5) is 5.69 Å². The molecule has 8 heteroatoms. The molecule has 1 aliphatic rings. The third-order valence-corrected chi connectivity index (χ3v) is 8.02. The van der Waals surface area contributed by atoms with E-state index >= 15 is 0 Å². The lowest BCUT2D eigenvalue weighted by atomic mass is 10.00. The summed E-state index contributed by atoms with van der Waals surface area (Å²) in [5.74, 6) is -0.125. The fourth-order valence-electron chi connectivity index (χ4n) is 4.29. The first-order valence-corrected chi connectivity index (χ1v) is 14.0. The van der Waals surface area contributed by atoms with Crippen LogP contribution >= 0.6 is 0 Å². The third kappa shape index (κ3) is 8.09. The number of carbonyl (C=O) groups is 1. The summed E-state index contributed by atoms with van der Waals surface area (Å²) in [5.41, 5.74) is 3.91. The molecular formula is C27H37N3O4S. The molecular weight excluding hydrogens is 462 g/mol. The van der Waals surface area contributed by atoms with Gasteiger partial charge >= 0.3 is 0 Å². The fourth-order valence-corrected chi connectivity index (χ4v) is 5.75. The van der Waals surface area contributed by atoms with E-state index in [0.29, 0.717) is 11.4 Å². The first kappa shape index (κ1) is 26.7. The Bertz CT molecular complexity index is 1060. The van der Waals surface area contributed by atoms with Crippen molar-refractivity contribution in [3.05, 3.63) is 54.6 Å². The largest absolute Gasteiger partial charge is 0.495 e. The maximum atomic E-state index is 13.5. The maximum Gasteiger partial charge on any atom is 0.264 e. The van der Waals surface area contributed by atoms with Crippen molar-refractivity contribution in [1.82, 2.24) is 5.43 Å². The summed E-state index contributed by atoms with van der Waals surface area (Å²) in [6.07, 6.45) is 12.6. The molecule has 2 aromatic rings. The number of amides is 1. The molecule has 3 rings (SSSR count). The van der Waals surface area contributed by atoms with Crippen molar-refractivity contribution < 1.29 is 17.9 Å². The molecule has 2 aromatic carbocycles. The van der Waals surface area contributed by atoms with Crippen molar-refractivity contribution in [3.8, 4) is 5.75 Å². The van der Waals surface area contributed by atoms with Crippen molar-refractivity contribution in [2.75, 3.05) is 18.0 Å². The van der Waals surface area contributed by atoms with E-state index in [1.807, 2.05) is 0 Å². The molecule has 0 aliphatic heterocycles. The Morgan fingerprint density at radius 1 is 0.857 bits per heavy atom. The van der Waals surface area contributed by atoms with E-state index in [9.17, 15) is 13.2 Å². The van der Waals surface area contributed by atoms with Gasteiger partial charge in [-0.25, -0.2) is 13.8 Å². The minimum atomic E-state index is -4.01. The highest BCUT2D eigenvalue weighted by Crippen LogP contribution is 2.32. The topological polar surface area (TPSA) is 88.1 Å². The van der Waals surface area contributed by atoms with E-state index in [1.165, 1.54) is 64.2 Å². The average molecular weight is 500 g/mol. The number of sulfonamides is 1. The molecule has 1 amide bonds. The van der Waals surface area contributed by atoms with Gasteiger partial charge in [0, 0.05) is 5.71 Å². The lowest BCUT2D eigenvalue weighted by Gasteiger charge is -2.25. The number of nitrogens with zero attached hydrogens (tertiary/aromatic N) is 2. The molecule has 190 valence electrons. The summed E-state index contributed by atoms with van der Waals surface area (Å²) in [5, 5.41) is 4.42. The number of methoxy groups -OCH3 is 1. The van der Waals surface area contributed by atoms with Gasteiger partial charge in [-0.3, -0.25) is 9.10 Å². The quantitative estimate of drug-likeness (QED) is 0.497. The Labute approximate surface area is 209 Å². The zero-order valence-electron chi connectivity index (χ0n) is 20.6. The molecule has 1 saturated carbocycles. The van der Waals surface area contributed by atoms with Crippen LogP contribution in [0.25, 0.3) is 0 Å². The van der Waals surface area contributed by atoms with Crippen molar-refractivity contribution in [2.24, 2.45) is 5.10 Å². The molecule has 0 bridgehead atoms. The minimum Gasteiger partial charge on any atom is -0.495 e. The summed E-state index contributed by atoms with van der Waals surface area (Å²) in [4.78, 5) is 13.1. The monoisotopic (exact) mass is 499 g/mol. The normalized spacial score (nSPS) is 15.9. The van der Waals surface area contributed by atoms with Gasteiger partial charge in [0.05, 0.1) is 17.7 Å². The van der Waals surface area contributed by atoms with E-state index in [4.69, 9.17) is 4.74 Å². The fraction of sp³-hybridized carbons (Fsp3) is 0.481. The molecule has 7 nitrogen and oxygen atoms in total. The Hall–Kier alpha value is -2.87. The smallest absolute Gasteiger partial charge is 0.264 e. The van der Waals surface area contributed by atoms with Crippen LogP contribution in [0.1, 0.15) is 70.6 Å². The summed E-state index contributed by atoms with van der Waals surface area (Å²) >= 11 is 0. The van der Waals surface area contributed by atoms with Gasteiger partial charge in [-0.2, -0.15) is 5.10 Å². The van der Waals surface area contributed by atoms with Gasteiger partial charge in [0.1, 0.15) is 12.3 Å². The number of hydrogen-bond donors (Lipinski definition) is 1. The minimum absolute atomic E-state index is 0.101. The average Bonchev–Trinajstić information content (AvgIpc) is 2.87. The molecule has 1 N–H and O–H groups in total. The van der Waals surface area contributed by atoms with E-state index in [2.05, 4.69) is 10.5 Å². The van der Waals surface area contributed by atoms with Gasteiger partial charge in [0.2, 0.25) is 0 Å². The molecule has 0 saturated heterocycles. The van der Waals surface area contributed by atoms with E-state index in [-0.39, 0.29) is 4.90 Å². The highest BCUT2D eigenvalue weighted by atomic mass is 32.2. The lowest BCUT2D eigenvalue weighted by molar-refractivity contribution is -0.119. The predicted octanol–water partition coefficient (Wildman–Crippen LogP) is 5.67. The van der Waals surface area contributed by atoms with Gasteiger partial charge in [-0.05, 0) is 49.9 Å². The van der Waals surface area contributed by atoms with Crippen molar-refractivity contribution in [2.45, 2.75) is 75.5 Å². The number of hydrazone groups is 1. The standard InChI is InChI=1S/C27H37N3O4S/c1-34-26-21-15-14-20-25(26)30(35(32,33)24-18-12-9-13-19-24)22-27(31)29-28-23-16-10-7-5-3-2-4-6-8-11-17-23/h9,12-15,18-21H,2-8,10-11,16-17,22H2,1H3,(H,29,31). The zero-order chi connectivity index (χ0) is 24.9. The highest BCUT2D eigenvalue weighted by Gasteiger charge is 2.29. The molecule has 0 aromatic heterocycles. The van der Waals surface area contributed by atoms with Crippen LogP contribution in [-0.2, 0) is 14.8 Å². The first-order chi connectivity index (χ1) is 17.0. The molecule has 0 atom stereocenters. The first-order valence-electron chi connectivity index (χ1n) is 12.6. The number of rotatable bonds is 7. The van der Waals surface area contributed by atoms with Gasteiger partial charge in [0.25, 0.3) is 15.9 Å². The zero-order valence-corrected chi connectivity index (χ0v) is 21.4. The second-order valence-electron chi connectivity index (χ2n) is 8.89. The summed E-state index contributed by atoms with van der Waals surface area (Å²) in [6, 6.07) is 14.9. The third-order valence-electron chi connectivity index (χ3n) is 6.24. The van der Waals surface area contributed by atoms with Gasteiger partial charge < -0.3 is 4.74 Å². The number of ether oxygens (including phenoxy) is 1. The van der Waals surface area contributed by atoms with E-state index < -0.39 is 22.5 Å². The Morgan fingerprint density at radius 3 is 2.00 bits per heavy atom. The molecule has 0 radical (unpaired) electrons. The molecule has 35 heavy (non-hydrogen) atoms. The molecule has 1 aliphatic carbocycles. The Balaban J connectivity index is 1.78. The summed E-state index contributed by atoms with van der Waals surface area (Å²) in [6.45, 7) is -0.408. The van der Waals surface area contributed by atoms with Crippen molar-refractivity contribution >= 4 is 27.3 Å². The van der Waals surface area contributed by atoms with Crippen LogP contribution in [-0.4, -0.2) is 33.7 Å². The molecule has 0 unspecified atom stereocenters. The van der Waals surface area contributed by atoms with Crippen LogP contribution in [0.15, 0.2) is 64.6 Å². The molecule has 0 heterocycles. The number of carbonyl (C=O) groups excluding carboxylic acids is 1. The number of benzene rings is 2. The predicted molar refractivity (Wildman–Crippen MR) is 140 cm³/mol. The van der Waals surface area contributed by atoms with Crippen LogP contribution in [0, 0.1) is 0 Å². The maximum absolute atomic E-state index is 13.5.